The summed E-state index contributed by atoms with van der Waals surface area (Å²) in [4.78, 5) is 40.1. The second kappa shape index (κ2) is 10.2. The first-order valence-electron chi connectivity index (χ1n) is 10.6. The van der Waals surface area contributed by atoms with Crippen LogP contribution in [0.3, 0.4) is 0 Å². The van der Waals surface area contributed by atoms with Crippen molar-refractivity contribution in [1.29, 1.82) is 0 Å². The predicted molar refractivity (Wildman–Crippen MR) is 134 cm³/mol. The van der Waals surface area contributed by atoms with Crippen molar-refractivity contribution in [2.45, 2.75) is 24.7 Å². The smallest absolute Gasteiger partial charge is 0.339 e. The van der Waals surface area contributed by atoms with Crippen LogP contribution >= 0.6 is 35.0 Å². The van der Waals surface area contributed by atoms with Gasteiger partial charge in [0.15, 0.2) is 5.75 Å². The molecule has 0 spiro atoms. The highest BCUT2D eigenvalue weighted by atomic mass is 35.5. The van der Waals surface area contributed by atoms with Gasteiger partial charge in [0.2, 0.25) is 5.91 Å². The molecule has 2 fully saturated rings. The quantitative estimate of drug-likeness (QED) is 0.375. The Morgan fingerprint density at radius 3 is 2.29 bits per heavy atom. The Balaban J connectivity index is 1.52. The average molecular weight is 555 g/mol. The van der Waals surface area contributed by atoms with Crippen LogP contribution in [-0.4, -0.2) is 54.9 Å². The molecule has 2 heterocycles. The van der Waals surface area contributed by atoms with Crippen LogP contribution in [0.1, 0.15) is 24.0 Å². The normalized spacial score (nSPS) is 17.5. The molecule has 0 radical (unpaired) electrons. The highest BCUT2D eigenvalue weighted by Crippen LogP contribution is 2.38. The maximum Gasteiger partial charge on any atom is 0.339 e. The second-order valence-electron chi connectivity index (χ2n) is 8.02. The zero-order valence-corrected chi connectivity index (χ0v) is 21.6. The summed E-state index contributed by atoms with van der Waals surface area (Å²) in [7, 11) is -4.18. The molecule has 0 aromatic heterocycles. The first kappa shape index (κ1) is 25.6. The fourth-order valence-corrected chi connectivity index (χ4v) is 6.07. The monoisotopic (exact) mass is 554 g/mol. The number of halogens is 2. The number of benzene rings is 2. The molecule has 2 aromatic rings. The first-order chi connectivity index (χ1) is 16.5. The summed E-state index contributed by atoms with van der Waals surface area (Å²) in [5.74, 6) is -1.12. The third-order valence-corrected chi connectivity index (χ3v) is 8.15. The van der Waals surface area contributed by atoms with Crippen molar-refractivity contribution in [3.8, 4) is 5.75 Å². The topological polar surface area (TPSA) is 101 Å². The number of amides is 3. The number of carbonyl (C=O) groups excluding carboxylic acids is 3. The second-order valence-corrected chi connectivity index (χ2v) is 11.4. The van der Waals surface area contributed by atoms with E-state index in [1.165, 1.54) is 30.3 Å². The average Bonchev–Trinajstić information content (AvgIpc) is 3.42. The molecular weight excluding hydrogens is 535 g/mol. The number of thioether (sulfide) groups is 1. The van der Waals surface area contributed by atoms with Gasteiger partial charge in [-0.25, -0.2) is 0 Å². The minimum absolute atomic E-state index is 0.0588. The summed E-state index contributed by atoms with van der Waals surface area (Å²) >= 11 is 13.2. The Morgan fingerprint density at radius 1 is 1.09 bits per heavy atom. The number of nitrogens with zero attached hydrogens (tertiary/aromatic N) is 2. The molecule has 8 nitrogen and oxygen atoms in total. The molecule has 0 unspecified atom stereocenters. The molecule has 2 aromatic carbocycles. The van der Waals surface area contributed by atoms with Gasteiger partial charge in [0.05, 0.1) is 15.0 Å². The van der Waals surface area contributed by atoms with Crippen LogP contribution in [0.2, 0.25) is 10.0 Å². The molecule has 0 bridgehead atoms. The number of rotatable bonds is 6. The SMILES string of the molecule is Cc1ccc(S(=O)(=O)Oc2c(Cl)cc(/C=C3\SC(=O)N(CC(=O)N4CCCC4)C3=O)cc2Cl)cc1. The molecule has 0 N–H and O–H groups in total. The van der Waals surface area contributed by atoms with Crippen LogP contribution in [0.4, 0.5) is 4.79 Å². The Kier molecular flexibility index (Phi) is 7.46. The number of hydrogen-bond donors (Lipinski definition) is 0. The molecule has 0 aliphatic carbocycles. The Labute approximate surface area is 216 Å². The van der Waals surface area contributed by atoms with Gasteiger partial charge < -0.3 is 9.08 Å². The first-order valence-corrected chi connectivity index (χ1v) is 13.6. The van der Waals surface area contributed by atoms with Crippen LogP contribution in [0, 0.1) is 6.92 Å². The summed E-state index contributed by atoms with van der Waals surface area (Å²) in [6.07, 6.45) is 3.21. The van der Waals surface area contributed by atoms with Crippen LogP contribution in [0.5, 0.6) is 5.75 Å². The van der Waals surface area contributed by atoms with Crippen LogP contribution in [-0.2, 0) is 19.7 Å². The predicted octanol–water partition coefficient (Wildman–Crippen LogP) is 4.73. The minimum atomic E-state index is -4.18. The highest BCUT2D eigenvalue weighted by molar-refractivity contribution is 8.18. The van der Waals surface area contributed by atoms with E-state index in [1.54, 1.807) is 17.0 Å². The Bertz CT molecular complexity index is 1310. The molecule has 2 saturated heterocycles. The van der Waals surface area contributed by atoms with Gasteiger partial charge in [-0.1, -0.05) is 40.9 Å². The van der Waals surface area contributed by atoms with E-state index >= 15 is 0 Å². The number of imide groups is 1. The van der Waals surface area contributed by atoms with Crippen molar-refractivity contribution in [3.63, 3.8) is 0 Å². The van der Waals surface area contributed by atoms with Gasteiger partial charge in [0.1, 0.15) is 11.4 Å². The van der Waals surface area contributed by atoms with E-state index in [1.807, 2.05) is 6.92 Å². The summed E-state index contributed by atoms with van der Waals surface area (Å²) in [5, 5.41) is -0.735. The van der Waals surface area contributed by atoms with Crippen molar-refractivity contribution in [1.82, 2.24) is 9.80 Å². The van der Waals surface area contributed by atoms with Crippen LogP contribution < -0.4 is 4.18 Å². The molecule has 0 atom stereocenters. The fourth-order valence-electron chi connectivity index (χ4n) is 3.59. The highest BCUT2D eigenvalue weighted by Gasteiger charge is 2.37. The standard InChI is InChI=1S/C23H20Cl2N2O6S2/c1-14-4-6-16(7-5-14)35(31,32)33-21-17(24)10-15(11-18(21)25)12-19-22(29)27(23(30)34-19)13-20(28)26-8-2-3-9-26/h4-7,10-12H,2-3,8-9,13H2,1H3/b19-12-. The molecule has 12 heteroatoms. The summed E-state index contributed by atoms with van der Waals surface area (Å²) in [6.45, 7) is 2.75. The molecule has 2 aliphatic rings. The van der Waals surface area contributed by atoms with Gasteiger partial charge in [-0.2, -0.15) is 8.42 Å². The van der Waals surface area contributed by atoms with Crippen molar-refractivity contribution in [3.05, 3.63) is 62.5 Å². The maximum atomic E-state index is 12.8. The van der Waals surface area contributed by atoms with E-state index in [-0.39, 0.29) is 38.0 Å². The largest absolute Gasteiger partial charge is 0.376 e. The zero-order valence-electron chi connectivity index (χ0n) is 18.5. The van der Waals surface area contributed by atoms with Crippen molar-refractivity contribution >= 4 is 68.2 Å². The van der Waals surface area contributed by atoms with Gasteiger partial charge in [0, 0.05) is 13.1 Å². The minimum Gasteiger partial charge on any atom is -0.376 e. The number of aryl methyl sites for hydroxylation is 1. The Hall–Kier alpha value is -2.53. The van der Waals surface area contributed by atoms with E-state index in [0.717, 1.165) is 23.3 Å². The molecule has 3 amide bonds. The molecule has 2 aliphatic heterocycles. The molecular formula is C23H20Cl2N2O6S2. The number of carbonyl (C=O) groups is 3. The zero-order chi connectivity index (χ0) is 25.3. The molecule has 184 valence electrons. The lowest BCUT2D eigenvalue weighted by molar-refractivity contribution is -0.135. The van der Waals surface area contributed by atoms with Crippen molar-refractivity contribution in [2.24, 2.45) is 0 Å². The summed E-state index contributed by atoms with van der Waals surface area (Å²) in [5.41, 5.74) is 1.24. The van der Waals surface area contributed by atoms with E-state index in [9.17, 15) is 22.8 Å². The van der Waals surface area contributed by atoms with E-state index in [0.29, 0.717) is 30.4 Å². The van der Waals surface area contributed by atoms with Gasteiger partial charge in [-0.15, -0.1) is 0 Å². The molecule has 4 rings (SSSR count). The van der Waals surface area contributed by atoms with E-state index < -0.39 is 21.3 Å². The summed E-state index contributed by atoms with van der Waals surface area (Å²) < 4.78 is 30.4. The third kappa shape index (κ3) is 5.66. The lowest BCUT2D eigenvalue weighted by Gasteiger charge is -2.18. The molecule has 35 heavy (non-hydrogen) atoms. The number of likely N-dealkylation sites (tertiary alicyclic amines) is 1. The number of hydrogen-bond acceptors (Lipinski definition) is 7. The van der Waals surface area contributed by atoms with Gasteiger partial charge in [-0.3, -0.25) is 19.3 Å². The summed E-state index contributed by atoms with van der Waals surface area (Å²) in [6, 6.07) is 8.83. The van der Waals surface area contributed by atoms with E-state index in [2.05, 4.69) is 0 Å². The lowest BCUT2D eigenvalue weighted by atomic mass is 10.2. The Morgan fingerprint density at radius 2 is 1.69 bits per heavy atom. The van der Waals surface area contributed by atoms with Gasteiger partial charge in [-0.05, 0) is 67.4 Å². The van der Waals surface area contributed by atoms with Crippen LogP contribution in [0.25, 0.3) is 6.08 Å². The van der Waals surface area contributed by atoms with Gasteiger partial charge >= 0.3 is 10.1 Å². The van der Waals surface area contributed by atoms with E-state index in [4.69, 9.17) is 27.4 Å². The molecule has 0 saturated carbocycles. The van der Waals surface area contributed by atoms with Crippen LogP contribution in [0.15, 0.2) is 46.2 Å². The van der Waals surface area contributed by atoms with Crippen molar-refractivity contribution < 1.29 is 27.0 Å². The van der Waals surface area contributed by atoms with Gasteiger partial charge in [0.25, 0.3) is 11.1 Å². The maximum absolute atomic E-state index is 12.8. The fraction of sp³-hybridized carbons (Fsp3) is 0.261. The third-order valence-electron chi connectivity index (χ3n) is 5.45. The van der Waals surface area contributed by atoms with Crippen molar-refractivity contribution in [2.75, 3.05) is 19.6 Å². The lowest BCUT2D eigenvalue weighted by Crippen LogP contribution is -2.40.